The van der Waals surface area contributed by atoms with Gasteiger partial charge in [0.15, 0.2) is 0 Å². The van der Waals surface area contributed by atoms with Crippen molar-refractivity contribution < 1.29 is 0 Å². The van der Waals surface area contributed by atoms with Gasteiger partial charge >= 0.3 is 0 Å². The number of aromatic nitrogens is 2. The molecule has 0 amide bonds. The third-order valence-corrected chi connectivity index (χ3v) is 12.8. The highest BCUT2D eigenvalue weighted by Crippen LogP contribution is 2.44. The lowest BCUT2D eigenvalue weighted by atomic mass is 9.99. The van der Waals surface area contributed by atoms with Gasteiger partial charge in [-0.2, -0.15) is 0 Å². The quantitative estimate of drug-likeness (QED) is 0.165. The molecule has 0 radical (unpaired) electrons. The molecule has 0 atom stereocenters. The average molecular weight is 758 g/mol. The molecule has 0 N–H and O–H groups in total. The molecule has 12 aromatic rings. The number of para-hydroxylation sites is 4. The summed E-state index contributed by atoms with van der Waals surface area (Å²) in [6.07, 6.45) is 0. The second-order valence-corrected chi connectivity index (χ2v) is 16.0. The van der Waals surface area contributed by atoms with E-state index in [9.17, 15) is 0 Å². The lowest BCUT2D eigenvalue weighted by molar-refractivity contribution is 1.18. The van der Waals surface area contributed by atoms with Gasteiger partial charge in [-0.05, 0) is 96.1 Å². The lowest BCUT2D eigenvalue weighted by Crippen LogP contribution is -2.10. The molecule has 0 unspecified atom stereocenters. The summed E-state index contributed by atoms with van der Waals surface area (Å²) in [6, 6.07) is 77.4. The Morgan fingerprint density at radius 2 is 0.845 bits per heavy atom. The fourth-order valence-corrected chi connectivity index (χ4v) is 10.3. The molecule has 4 heteroatoms. The van der Waals surface area contributed by atoms with Gasteiger partial charge in [-0.25, -0.2) is 0 Å². The van der Waals surface area contributed by atoms with Crippen LogP contribution in [0.3, 0.4) is 0 Å². The molecule has 0 saturated carbocycles. The van der Waals surface area contributed by atoms with E-state index in [1.54, 1.807) is 0 Å². The molecule has 3 aromatic heterocycles. The molecule has 3 heterocycles. The first-order chi connectivity index (χ1) is 28.8. The Morgan fingerprint density at radius 1 is 0.328 bits per heavy atom. The number of hydrogen-bond donors (Lipinski definition) is 0. The first-order valence-electron chi connectivity index (χ1n) is 19.8. The molecule has 272 valence electrons. The second kappa shape index (κ2) is 13.1. The van der Waals surface area contributed by atoms with Gasteiger partial charge in [-0.3, -0.25) is 0 Å². The first kappa shape index (κ1) is 32.8. The van der Waals surface area contributed by atoms with Gasteiger partial charge < -0.3 is 14.0 Å². The van der Waals surface area contributed by atoms with Crippen LogP contribution in [0.5, 0.6) is 0 Å². The summed E-state index contributed by atoms with van der Waals surface area (Å²) in [5.41, 5.74) is 12.8. The van der Waals surface area contributed by atoms with E-state index in [1.807, 2.05) is 11.3 Å². The van der Waals surface area contributed by atoms with E-state index >= 15 is 0 Å². The Balaban J connectivity index is 1.05. The van der Waals surface area contributed by atoms with E-state index < -0.39 is 0 Å². The number of rotatable bonds is 6. The molecule has 9 aromatic carbocycles. The van der Waals surface area contributed by atoms with E-state index in [4.69, 9.17) is 0 Å². The van der Waals surface area contributed by atoms with Gasteiger partial charge in [0.05, 0.1) is 22.1 Å². The zero-order valence-electron chi connectivity index (χ0n) is 31.5. The van der Waals surface area contributed by atoms with Crippen molar-refractivity contribution in [3.63, 3.8) is 0 Å². The summed E-state index contributed by atoms with van der Waals surface area (Å²) in [4.78, 5) is 2.42. The molecule has 12 rings (SSSR count). The highest BCUT2D eigenvalue weighted by atomic mass is 32.1. The van der Waals surface area contributed by atoms with Gasteiger partial charge in [-0.1, -0.05) is 127 Å². The lowest BCUT2D eigenvalue weighted by Gasteiger charge is -2.26. The highest BCUT2D eigenvalue weighted by molar-refractivity contribution is 7.25. The van der Waals surface area contributed by atoms with Crippen molar-refractivity contribution in [1.29, 1.82) is 0 Å². The summed E-state index contributed by atoms with van der Waals surface area (Å²) >= 11 is 1.86. The second-order valence-electron chi connectivity index (χ2n) is 14.9. The van der Waals surface area contributed by atoms with Gasteiger partial charge in [0, 0.05) is 70.2 Å². The molecular weight excluding hydrogens is 723 g/mol. The summed E-state index contributed by atoms with van der Waals surface area (Å²) in [5, 5.41) is 7.60. The molecule has 0 aliphatic heterocycles. The van der Waals surface area contributed by atoms with Crippen molar-refractivity contribution in [2.24, 2.45) is 0 Å². The van der Waals surface area contributed by atoms with Crippen LogP contribution in [0.2, 0.25) is 0 Å². The fourth-order valence-electron chi connectivity index (χ4n) is 9.16. The number of hydrogen-bond acceptors (Lipinski definition) is 2. The van der Waals surface area contributed by atoms with E-state index in [0.29, 0.717) is 0 Å². The third kappa shape index (κ3) is 5.05. The molecule has 0 saturated heterocycles. The normalized spacial score (nSPS) is 11.8. The SMILES string of the molecule is c1ccc(-n2c3ccccc3c3ccc(N(c4ccc(-c5cccc6c5c5ccccc5n6-c5ccccc5)cc4)c4ccc5c(c4)sc4ccccc45)cc32)cc1. The van der Waals surface area contributed by atoms with Crippen molar-refractivity contribution in [3.8, 4) is 22.5 Å². The Hall–Kier alpha value is -7.40. The number of thiophene rings is 1. The third-order valence-electron chi connectivity index (χ3n) is 11.7. The van der Waals surface area contributed by atoms with Gasteiger partial charge in [0.25, 0.3) is 0 Å². The molecule has 3 nitrogen and oxygen atoms in total. The van der Waals surface area contributed by atoms with Crippen LogP contribution >= 0.6 is 11.3 Å². The van der Waals surface area contributed by atoms with Crippen molar-refractivity contribution in [2.75, 3.05) is 4.90 Å². The maximum Gasteiger partial charge on any atom is 0.0561 e. The summed E-state index contributed by atoms with van der Waals surface area (Å²) in [7, 11) is 0. The number of benzene rings is 9. The van der Waals surface area contributed by atoms with Crippen LogP contribution in [-0.2, 0) is 0 Å². The van der Waals surface area contributed by atoms with Crippen LogP contribution in [0.4, 0.5) is 17.1 Å². The van der Waals surface area contributed by atoms with Crippen LogP contribution < -0.4 is 4.90 Å². The molecule has 0 aliphatic rings. The van der Waals surface area contributed by atoms with Crippen LogP contribution in [-0.4, -0.2) is 9.13 Å². The van der Waals surface area contributed by atoms with Crippen LogP contribution in [0.15, 0.2) is 212 Å². The summed E-state index contributed by atoms with van der Waals surface area (Å²) < 4.78 is 7.37. The predicted octanol–water partition coefficient (Wildman–Crippen LogP) is 15.4. The van der Waals surface area contributed by atoms with Crippen molar-refractivity contribution in [2.45, 2.75) is 0 Å². The largest absolute Gasteiger partial charge is 0.310 e. The summed E-state index contributed by atoms with van der Waals surface area (Å²) in [6.45, 7) is 0. The van der Waals surface area contributed by atoms with E-state index in [-0.39, 0.29) is 0 Å². The number of fused-ring (bicyclic) bond motifs is 9. The van der Waals surface area contributed by atoms with Crippen molar-refractivity contribution >= 4 is 92.2 Å². The maximum absolute atomic E-state index is 2.42. The number of anilines is 3. The Kier molecular flexibility index (Phi) is 7.40. The maximum atomic E-state index is 2.42. The van der Waals surface area contributed by atoms with Gasteiger partial charge in [-0.15, -0.1) is 11.3 Å². The van der Waals surface area contributed by atoms with Crippen molar-refractivity contribution in [1.82, 2.24) is 9.13 Å². The highest BCUT2D eigenvalue weighted by Gasteiger charge is 2.20. The van der Waals surface area contributed by atoms with E-state index in [1.165, 1.54) is 74.9 Å². The molecule has 58 heavy (non-hydrogen) atoms. The fraction of sp³-hybridized carbons (Fsp3) is 0. The average Bonchev–Trinajstić information content (AvgIpc) is 3.95. The van der Waals surface area contributed by atoms with Gasteiger partial charge in [0.2, 0.25) is 0 Å². The minimum Gasteiger partial charge on any atom is -0.310 e. The zero-order valence-corrected chi connectivity index (χ0v) is 32.3. The standard InChI is InChI=1S/C54H35N3S/c1-3-14-37(15-4-1)56-49-23-11-8-20-47(49)54-42(21-13-24-50(54)56)36-26-28-39(29-27-36)55(41-31-33-46-45-19-9-12-25-52(45)58-53(46)35-41)40-30-32-44-43-18-7-10-22-48(43)57(51(44)34-40)38-16-5-2-6-17-38/h1-35H. The number of nitrogens with zero attached hydrogens (tertiary/aromatic N) is 3. The van der Waals surface area contributed by atoms with E-state index in [2.05, 4.69) is 226 Å². The smallest absolute Gasteiger partial charge is 0.0561 e. The molecule has 0 bridgehead atoms. The molecule has 0 fully saturated rings. The monoisotopic (exact) mass is 757 g/mol. The molecule has 0 spiro atoms. The first-order valence-corrected chi connectivity index (χ1v) is 20.6. The minimum absolute atomic E-state index is 1.10. The Morgan fingerprint density at radius 3 is 1.59 bits per heavy atom. The minimum atomic E-state index is 1.10. The Bertz CT molecular complexity index is 3500. The van der Waals surface area contributed by atoms with Crippen LogP contribution in [0.25, 0.3) is 86.3 Å². The predicted molar refractivity (Wildman–Crippen MR) is 248 cm³/mol. The topological polar surface area (TPSA) is 13.1 Å². The molecule has 0 aliphatic carbocycles. The summed E-state index contributed by atoms with van der Waals surface area (Å²) in [5.74, 6) is 0. The van der Waals surface area contributed by atoms with Crippen LogP contribution in [0, 0.1) is 0 Å². The zero-order chi connectivity index (χ0) is 38.2. The molecular formula is C54H35N3S. The van der Waals surface area contributed by atoms with Gasteiger partial charge in [0.1, 0.15) is 0 Å². The van der Waals surface area contributed by atoms with E-state index in [0.717, 1.165) is 28.4 Å². The van der Waals surface area contributed by atoms with Crippen molar-refractivity contribution in [3.05, 3.63) is 212 Å². The Labute approximate surface area is 339 Å². The van der Waals surface area contributed by atoms with Crippen LogP contribution in [0.1, 0.15) is 0 Å².